The molecule has 0 spiro atoms. The molecule has 15 heavy (non-hydrogen) atoms. The molecular weight excluding hydrogens is 280 g/mol. The fraction of sp³-hybridized carbons (Fsp3) is 0. The van der Waals surface area contributed by atoms with E-state index in [0.29, 0.717) is 15.3 Å². The molecule has 0 bridgehead atoms. The molecule has 0 aliphatic carbocycles. The Morgan fingerprint density at radius 2 is 2.33 bits per heavy atom. The number of rotatable bonds is 2. The summed E-state index contributed by atoms with van der Waals surface area (Å²) < 4.78 is 0.555. The summed E-state index contributed by atoms with van der Waals surface area (Å²) in [4.78, 5) is 23.2. The van der Waals surface area contributed by atoms with Crippen molar-refractivity contribution in [2.75, 3.05) is 5.32 Å². The SMILES string of the molecule is O=C(Nc1nccs1)c1ncncc1Br. The maximum Gasteiger partial charge on any atom is 0.277 e. The van der Waals surface area contributed by atoms with E-state index in [1.807, 2.05) is 0 Å². The van der Waals surface area contributed by atoms with Gasteiger partial charge in [-0.15, -0.1) is 11.3 Å². The number of thiazole rings is 1. The number of amides is 1. The van der Waals surface area contributed by atoms with Gasteiger partial charge >= 0.3 is 0 Å². The summed E-state index contributed by atoms with van der Waals surface area (Å²) >= 11 is 4.55. The summed E-state index contributed by atoms with van der Waals surface area (Å²) in [6.45, 7) is 0. The van der Waals surface area contributed by atoms with Gasteiger partial charge in [0.15, 0.2) is 5.13 Å². The zero-order valence-electron chi connectivity index (χ0n) is 7.35. The van der Waals surface area contributed by atoms with Gasteiger partial charge in [-0.2, -0.15) is 0 Å². The summed E-state index contributed by atoms with van der Waals surface area (Å²) in [7, 11) is 0. The van der Waals surface area contributed by atoms with Crippen LogP contribution in [0.5, 0.6) is 0 Å². The number of nitrogens with one attached hydrogen (secondary N) is 1. The maximum atomic E-state index is 11.7. The lowest BCUT2D eigenvalue weighted by Gasteiger charge is -2.01. The van der Waals surface area contributed by atoms with Gasteiger partial charge in [0.05, 0.1) is 4.47 Å². The molecule has 5 nitrogen and oxygen atoms in total. The number of anilines is 1. The van der Waals surface area contributed by atoms with E-state index in [4.69, 9.17) is 0 Å². The molecule has 2 aromatic heterocycles. The number of nitrogens with zero attached hydrogens (tertiary/aromatic N) is 3. The Morgan fingerprint density at radius 3 is 3.00 bits per heavy atom. The molecule has 2 rings (SSSR count). The lowest BCUT2D eigenvalue weighted by atomic mass is 10.4. The molecule has 0 saturated heterocycles. The van der Waals surface area contributed by atoms with E-state index in [-0.39, 0.29) is 5.91 Å². The Kier molecular flexibility index (Phi) is 3.02. The Hall–Kier alpha value is -1.34. The summed E-state index contributed by atoms with van der Waals surface area (Å²) in [5.41, 5.74) is 0.292. The molecule has 2 aromatic rings. The highest BCUT2D eigenvalue weighted by Crippen LogP contribution is 2.15. The molecule has 0 radical (unpaired) electrons. The zero-order valence-corrected chi connectivity index (χ0v) is 9.75. The summed E-state index contributed by atoms with van der Waals surface area (Å²) in [5.74, 6) is -0.306. The third-order valence-electron chi connectivity index (χ3n) is 1.54. The van der Waals surface area contributed by atoms with Gasteiger partial charge in [0, 0.05) is 17.8 Å². The average Bonchev–Trinajstić information content (AvgIpc) is 2.71. The van der Waals surface area contributed by atoms with Gasteiger partial charge in [0.1, 0.15) is 12.0 Å². The predicted octanol–water partition coefficient (Wildman–Crippen LogP) is 1.95. The van der Waals surface area contributed by atoms with Crippen molar-refractivity contribution < 1.29 is 4.79 Å². The van der Waals surface area contributed by atoms with E-state index in [2.05, 4.69) is 36.2 Å². The largest absolute Gasteiger partial charge is 0.296 e. The number of carbonyl (C=O) groups is 1. The molecule has 0 unspecified atom stereocenters. The zero-order chi connectivity index (χ0) is 10.7. The van der Waals surface area contributed by atoms with Crippen LogP contribution in [0.4, 0.5) is 5.13 Å². The minimum atomic E-state index is -0.306. The predicted molar refractivity (Wildman–Crippen MR) is 59.8 cm³/mol. The van der Waals surface area contributed by atoms with E-state index in [1.54, 1.807) is 11.6 Å². The van der Waals surface area contributed by atoms with Crippen LogP contribution in [0.3, 0.4) is 0 Å². The van der Waals surface area contributed by atoms with Gasteiger partial charge in [-0.3, -0.25) is 10.1 Å². The van der Waals surface area contributed by atoms with Gasteiger partial charge in [-0.1, -0.05) is 0 Å². The van der Waals surface area contributed by atoms with Crippen molar-refractivity contribution in [3.05, 3.63) is 34.3 Å². The first kappa shape index (κ1) is 10.2. The van der Waals surface area contributed by atoms with Crippen LogP contribution in [-0.2, 0) is 0 Å². The van der Waals surface area contributed by atoms with Crippen LogP contribution in [0.2, 0.25) is 0 Å². The number of hydrogen-bond donors (Lipinski definition) is 1. The first-order valence-electron chi connectivity index (χ1n) is 3.93. The molecule has 0 aromatic carbocycles. The van der Waals surface area contributed by atoms with Crippen molar-refractivity contribution in [2.24, 2.45) is 0 Å². The second kappa shape index (κ2) is 4.45. The summed E-state index contributed by atoms with van der Waals surface area (Å²) in [6, 6.07) is 0. The Labute approximate surface area is 97.7 Å². The van der Waals surface area contributed by atoms with Crippen LogP contribution in [0.1, 0.15) is 10.5 Å². The molecule has 0 aliphatic heterocycles. The Bertz CT molecular complexity index is 473. The van der Waals surface area contributed by atoms with E-state index >= 15 is 0 Å². The minimum absolute atomic E-state index is 0.292. The third kappa shape index (κ3) is 2.37. The highest BCUT2D eigenvalue weighted by atomic mass is 79.9. The van der Waals surface area contributed by atoms with E-state index in [9.17, 15) is 4.79 Å². The molecule has 0 fully saturated rings. The molecule has 1 N–H and O–H groups in total. The molecule has 0 aliphatic rings. The monoisotopic (exact) mass is 284 g/mol. The maximum absolute atomic E-state index is 11.7. The fourth-order valence-corrected chi connectivity index (χ4v) is 1.85. The molecule has 7 heteroatoms. The number of aromatic nitrogens is 3. The van der Waals surface area contributed by atoms with Crippen LogP contribution >= 0.6 is 27.3 Å². The van der Waals surface area contributed by atoms with Crippen molar-refractivity contribution in [1.29, 1.82) is 0 Å². The normalized spacial score (nSPS) is 9.93. The topological polar surface area (TPSA) is 67.8 Å². The molecule has 0 saturated carbocycles. The molecule has 76 valence electrons. The van der Waals surface area contributed by atoms with Crippen molar-refractivity contribution in [3.8, 4) is 0 Å². The molecule has 1 amide bonds. The van der Waals surface area contributed by atoms with Crippen LogP contribution in [0.25, 0.3) is 0 Å². The third-order valence-corrected chi connectivity index (χ3v) is 2.80. The van der Waals surface area contributed by atoms with Gasteiger partial charge in [-0.05, 0) is 15.9 Å². The standard InChI is InChI=1S/C8H5BrN4OS/c9-5-3-10-4-12-6(5)7(14)13-8-11-1-2-15-8/h1-4H,(H,11,13,14). The van der Waals surface area contributed by atoms with Crippen LogP contribution in [0, 0.1) is 0 Å². The van der Waals surface area contributed by atoms with Crippen molar-refractivity contribution in [1.82, 2.24) is 15.0 Å². The van der Waals surface area contributed by atoms with Gasteiger partial charge < -0.3 is 0 Å². The first-order valence-corrected chi connectivity index (χ1v) is 5.61. The average molecular weight is 285 g/mol. The fourth-order valence-electron chi connectivity index (χ4n) is 0.921. The quantitative estimate of drug-likeness (QED) is 0.915. The summed E-state index contributed by atoms with van der Waals surface area (Å²) in [5, 5.41) is 4.96. The highest BCUT2D eigenvalue weighted by Gasteiger charge is 2.12. The van der Waals surface area contributed by atoms with Gasteiger partial charge in [0.25, 0.3) is 5.91 Å². The van der Waals surface area contributed by atoms with E-state index in [0.717, 1.165) is 0 Å². The lowest BCUT2D eigenvalue weighted by molar-refractivity contribution is 0.102. The molecule has 0 atom stereocenters. The van der Waals surface area contributed by atoms with Crippen molar-refractivity contribution in [3.63, 3.8) is 0 Å². The number of hydrogen-bond acceptors (Lipinski definition) is 5. The second-order valence-corrected chi connectivity index (χ2v) is 4.26. The number of carbonyl (C=O) groups excluding carboxylic acids is 1. The van der Waals surface area contributed by atoms with Crippen LogP contribution in [0.15, 0.2) is 28.6 Å². The first-order chi connectivity index (χ1) is 7.27. The molecular formula is C8H5BrN4OS. The second-order valence-electron chi connectivity index (χ2n) is 2.51. The van der Waals surface area contributed by atoms with Crippen molar-refractivity contribution >= 4 is 38.3 Å². The summed E-state index contributed by atoms with van der Waals surface area (Å²) in [6.07, 6.45) is 4.46. The Morgan fingerprint density at radius 1 is 1.47 bits per heavy atom. The molecule has 2 heterocycles. The van der Waals surface area contributed by atoms with Crippen LogP contribution in [-0.4, -0.2) is 20.9 Å². The smallest absolute Gasteiger partial charge is 0.277 e. The highest BCUT2D eigenvalue weighted by molar-refractivity contribution is 9.10. The van der Waals surface area contributed by atoms with Gasteiger partial charge in [0.2, 0.25) is 0 Å². The van der Waals surface area contributed by atoms with Crippen molar-refractivity contribution in [2.45, 2.75) is 0 Å². The van der Waals surface area contributed by atoms with Gasteiger partial charge in [-0.25, -0.2) is 15.0 Å². The van der Waals surface area contributed by atoms with E-state index < -0.39 is 0 Å². The van der Waals surface area contributed by atoms with E-state index in [1.165, 1.54) is 23.9 Å². The minimum Gasteiger partial charge on any atom is -0.296 e. The van der Waals surface area contributed by atoms with Crippen LogP contribution < -0.4 is 5.32 Å². The number of halogens is 1. The lowest BCUT2D eigenvalue weighted by Crippen LogP contribution is -2.14. The Balaban J connectivity index is 2.19.